The lowest BCUT2D eigenvalue weighted by Gasteiger charge is -2.29. The van der Waals surface area contributed by atoms with Crippen LogP contribution < -0.4 is 16.0 Å². The van der Waals surface area contributed by atoms with Crippen LogP contribution in [0.1, 0.15) is 42.5 Å². The number of para-hydroxylation sites is 2. The van der Waals surface area contributed by atoms with Gasteiger partial charge in [0.05, 0.1) is 54.2 Å². The van der Waals surface area contributed by atoms with Gasteiger partial charge in [-0.1, -0.05) is 101 Å². The van der Waals surface area contributed by atoms with Crippen molar-refractivity contribution in [3.8, 4) is 0 Å². The lowest BCUT2D eigenvalue weighted by Crippen LogP contribution is -2.47. The van der Waals surface area contributed by atoms with Crippen molar-refractivity contribution in [1.82, 2.24) is 5.32 Å². The molecule has 1 aliphatic rings. The molecule has 1 atom stereocenters. The van der Waals surface area contributed by atoms with Gasteiger partial charge in [0, 0.05) is 0 Å². The molecule has 0 heterocycles. The van der Waals surface area contributed by atoms with E-state index >= 15 is 0 Å². The molecule has 3 aromatic carbocycles. The minimum atomic E-state index is -0.823. The number of methoxy groups -OCH3 is 1. The van der Waals surface area contributed by atoms with Gasteiger partial charge in [0.15, 0.2) is 0 Å². The third kappa shape index (κ3) is 10.2. The molecule has 0 radical (unpaired) electrons. The second kappa shape index (κ2) is 17.6. The molecule has 0 spiro atoms. The van der Waals surface area contributed by atoms with Crippen LogP contribution in [0, 0.1) is 5.92 Å². The first kappa shape index (κ1) is 36.5. The van der Waals surface area contributed by atoms with E-state index in [4.69, 9.17) is 74.3 Å². The highest BCUT2D eigenvalue weighted by atomic mass is 35.5. The van der Waals surface area contributed by atoms with E-state index in [1.54, 1.807) is 36.4 Å². The maximum Gasteiger partial charge on any atom is 0.328 e. The van der Waals surface area contributed by atoms with E-state index in [0.717, 1.165) is 32.1 Å². The smallest absolute Gasteiger partial charge is 0.328 e. The molecular formula is C30H26Cl6N4O5. The molecule has 4 rings (SSSR count). The van der Waals surface area contributed by atoms with Crippen LogP contribution >= 0.6 is 69.6 Å². The van der Waals surface area contributed by atoms with Crippen LogP contribution in [-0.2, 0) is 14.3 Å². The van der Waals surface area contributed by atoms with Crippen molar-refractivity contribution in [2.24, 2.45) is 10.9 Å². The summed E-state index contributed by atoms with van der Waals surface area (Å²) in [6, 6.07) is 10.8. The average molecular weight is 735 g/mol. The monoisotopic (exact) mass is 732 g/mol. The van der Waals surface area contributed by atoms with Crippen LogP contribution in [0.15, 0.2) is 53.5 Å². The Morgan fingerprint density at radius 3 is 1.93 bits per heavy atom. The van der Waals surface area contributed by atoms with E-state index in [2.05, 4.69) is 20.9 Å². The van der Waals surface area contributed by atoms with Gasteiger partial charge < -0.3 is 20.7 Å². The summed E-state index contributed by atoms with van der Waals surface area (Å²) in [6.07, 6.45) is 6.00. The lowest BCUT2D eigenvalue weighted by atomic mass is 9.83. The molecule has 15 heteroatoms. The van der Waals surface area contributed by atoms with Gasteiger partial charge in [-0.05, 0) is 55.2 Å². The highest BCUT2D eigenvalue weighted by molar-refractivity contribution is 6.43. The Morgan fingerprint density at radius 2 is 1.38 bits per heavy atom. The van der Waals surface area contributed by atoms with Crippen molar-refractivity contribution in [1.29, 1.82) is 0 Å². The fourth-order valence-corrected chi connectivity index (χ4v) is 5.85. The Balaban J connectivity index is 0.000000423. The van der Waals surface area contributed by atoms with Crippen molar-refractivity contribution in [2.75, 3.05) is 17.7 Å². The number of carbonyl (C=O) groups excluding carboxylic acids is 4. The minimum absolute atomic E-state index is 0.0273. The normalized spacial score (nSPS) is 13.3. The Morgan fingerprint density at radius 1 is 0.822 bits per heavy atom. The molecule has 3 amide bonds. The van der Waals surface area contributed by atoms with Gasteiger partial charge in [-0.2, -0.15) is 4.99 Å². The Hall–Kier alpha value is -3.01. The van der Waals surface area contributed by atoms with Gasteiger partial charge in [-0.25, -0.2) is 14.4 Å². The summed E-state index contributed by atoms with van der Waals surface area (Å²) in [5.41, 5.74) is 0.586. The average Bonchev–Trinajstić information content (AvgIpc) is 3.01. The predicted molar refractivity (Wildman–Crippen MR) is 180 cm³/mol. The quantitative estimate of drug-likeness (QED) is 0.127. The molecule has 238 valence electrons. The van der Waals surface area contributed by atoms with Crippen molar-refractivity contribution >= 4 is 111 Å². The van der Waals surface area contributed by atoms with Crippen molar-refractivity contribution in [3.05, 3.63) is 84.2 Å². The van der Waals surface area contributed by atoms with Crippen LogP contribution in [0.5, 0.6) is 0 Å². The summed E-state index contributed by atoms with van der Waals surface area (Å²) in [7, 11) is 1.28. The standard InChI is InChI=1S/C23H23Cl4N3O4.C7H3Cl2NO/c1-34-22(32)19(12-6-3-2-4-7-12)29-21(31)13-10-16(26)17(27)11-18(13)28-23(33)30-20-14(24)8-5-9-15(20)25;8-5-2-1-3-6(9)7(5)10-4-11/h5,8-12,19H,2-4,6-7H2,1H3,(H,29,31)(H2,28,30,33);1-3H/t19-;/m0./s1. The first-order chi connectivity index (χ1) is 21.5. The molecule has 0 unspecified atom stereocenters. The summed E-state index contributed by atoms with van der Waals surface area (Å²) >= 11 is 35.8. The van der Waals surface area contributed by atoms with Crippen LogP contribution in [0.4, 0.5) is 21.9 Å². The van der Waals surface area contributed by atoms with Crippen LogP contribution in [-0.4, -0.2) is 37.1 Å². The Bertz CT molecular complexity index is 1570. The highest BCUT2D eigenvalue weighted by Gasteiger charge is 2.32. The van der Waals surface area contributed by atoms with Crippen molar-refractivity contribution in [3.63, 3.8) is 0 Å². The van der Waals surface area contributed by atoms with Gasteiger partial charge in [0.2, 0.25) is 6.08 Å². The number of hydrogen-bond acceptors (Lipinski definition) is 6. The van der Waals surface area contributed by atoms with Crippen molar-refractivity contribution in [2.45, 2.75) is 38.1 Å². The van der Waals surface area contributed by atoms with E-state index in [1.165, 1.54) is 25.3 Å². The number of ether oxygens (including phenoxy) is 1. The molecule has 0 aliphatic heterocycles. The number of carbonyl (C=O) groups is 3. The maximum absolute atomic E-state index is 13.2. The topological polar surface area (TPSA) is 126 Å². The number of benzene rings is 3. The van der Waals surface area contributed by atoms with Gasteiger partial charge in [-0.3, -0.25) is 4.79 Å². The van der Waals surface area contributed by atoms with E-state index in [0.29, 0.717) is 10.0 Å². The number of amides is 3. The number of isocyanates is 1. The molecule has 0 aromatic heterocycles. The van der Waals surface area contributed by atoms with Gasteiger partial charge in [0.1, 0.15) is 11.7 Å². The number of anilines is 2. The second-order valence-electron chi connectivity index (χ2n) is 9.63. The van der Waals surface area contributed by atoms with Gasteiger partial charge in [-0.15, -0.1) is 0 Å². The third-order valence-corrected chi connectivity index (χ3v) is 8.67. The van der Waals surface area contributed by atoms with Crippen LogP contribution in [0.3, 0.4) is 0 Å². The van der Waals surface area contributed by atoms with Gasteiger partial charge in [0.25, 0.3) is 5.91 Å². The molecule has 3 aromatic rings. The Labute approximate surface area is 289 Å². The highest BCUT2D eigenvalue weighted by Crippen LogP contribution is 2.34. The van der Waals surface area contributed by atoms with E-state index < -0.39 is 23.9 Å². The molecule has 1 aliphatic carbocycles. The van der Waals surface area contributed by atoms with Crippen molar-refractivity contribution < 1.29 is 23.9 Å². The summed E-state index contributed by atoms with van der Waals surface area (Å²) in [5, 5.41) is 9.29. The van der Waals surface area contributed by atoms with Crippen LogP contribution in [0.25, 0.3) is 0 Å². The summed E-state index contributed by atoms with van der Waals surface area (Å²) in [4.78, 5) is 51.5. The van der Waals surface area contributed by atoms with Crippen LogP contribution in [0.2, 0.25) is 30.1 Å². The number of hydrogen-bond donors (Lipinski definition) is 3. The molecule has 3 N–H and O–H groups in total. The fraction of sp³-hybridized carbons (Fsp3) is 0.267. The first-order valence-electron chi connectivity index (χ1n) is 13.4. The first-order valence-corrected chi connectivity index (χ1v) is 15.6. The zero-order valence-corrected chi connectivity index (χ0v) is 28.1. The number of aliphatic imine (C=N–C) groups is 1. The fourth-order valence-electron chi connectivity index (χ4n) is 4.55. The minimum Gasteiger partial charge on any atom is -0.467 e. The number of rotatable bonds is 7. The van der Waals surface area contributed by atoms with Gasteiger partial charge >= 0.3 is 12.0 Å². The van der Waals surface area contributed by atoms with E-state index in [1.807, 2.05) is 0 Å². The molecule has 0 saturated heterocycles. The number of urea groups is 1. The molecular weight excluding hydrogens is 709 g/mol. The molecule has 1 saturated carbocycles. The maximum atomic E-state index is 13.2. The largest absolute Gasteiger partial charge is 0.467 e. The van der Waals surface area contributed by atoms with E-state index in [-0.39, 0.29) is 48.6 Å². The summed E-state index contributed by atoms with van der Waals surface area (Å²) in [5.74, 6) is -1.18. The molecule has 1 fully saturated rings. The SMILES string of the molecule is COC(=O)[C@@H](NC(=O)c1cc(Cl)c(Cl)cc1NC(=O)Nc1c(Cl)cccc1Cl)C1CCCCC1.O=C=Nc1c(Cl)cccc1Cl. The second-order valence-corrected chi connectivity index (χ2v) is 12.1. The summed E-state index contributed by atoms with van der Waals surface area (Å²) < 4.78 is 4.92. The molecule has 0 bridgehead atoms. The predicted octanol–water partition coefficient (Wildman–Crippen LogP) is 9.76. The number of halogens is 6. The zero-order valence-electron chi connectivity index (χ0n) is 23.6. The number of esters is 1. The van der Waals surface area contributed by atoms with E-state index in [9.17, 15) is 19.2 Å². The summed E-state index contributed by atoms with van der Waals surface area (Å²) in [6.45, 7) is 0. The molecule has 9 nitrogen and oxygen atoms in total. The number of nitrogens with one attached hydrogen (secondary N) is 3. The zero-order chi connectivity index (χ0) is 33.1. The number of nitrogens with zero attached hydrogens (tertiary/aromatic N) is 1. The Kier molecular flexibility index (Phi) is 14.3. The third-order valence-electron chi connectivity index (χ3n) is 6.71. The molecule has 45 heavy (non-hydrogen) atoms. The lowest BCUT2D eigenvalue weighted by molar-refractivity contribution is -0.144.